The molecule has 1 N–H and O–H groups in total. The average Bonchev–Trinajstić information content (AvgIpc) is 2.28. The SMILES string of the molecule is C1=CC=CC2=C(C=1)CCN2. The van der Waals surface area contributed by atoms with Gasteiger partial charge in [-0.25, -0.2) is 0 Å². The van der Waals surface area contributed by atoms with E-state index in [1.54, 1.807) is 0 Å². The fourth-order valence-electron chi connectivity index (χ4n) is 1.24. The van der Waals surface area contributed by atoms with E-state index in [1.165, 1.54) is 11.3 Å². The van der Waals surface area contributed by atoms with E-state index in [0.717, 1.165) is 13.0 Å². The van der Waals surface area contributed by atoms with Crippen LogP contribution in [0.15, 0.2) is 41.3 Å². The van der Waals surface area contributed by atoms with Crippen molar-refractivity contribution < 1.29 is 0 Å². The van der Waals surface area contributed by atoms with Crippen molar-refractivity contribution in [2.24, 2.45) is 0 Å². The molecule has 0 radical (unpaired) electrons. The first-order valence-corrected chi connectivity index (χ1v) is 3.53. The quantitative estimate of drug-likeness (QED) is 0.491. The van der Waals surface area contributed by atoms with Crippen molar-refractivity contribution in [2.45, 2.75) is 6.42 Å². The van der Waals surface area contributed by atoms with Gasteiger partial charge >= 0.3 is 0 Å². The first-order valence-electron chi connectivity index (χ1n) is 3.53. The molecular formula is C9H9N. The predicted octanol–water partition coefficient (Wildman–Crippen LogP) is 1.51. The number of allylic oxidation sites excluding steroid dienone is 3. The minimum atomic E-state index is 1.08. The van der Waals surface area contributed by atoms with E-state index >= 15 is 0 Å². The first-order chi connectivity index (χ1) is 4.97. The number of hydrogen-bond donors (Lipinski definition) is 1. The van der Waals surface area contributed by atoms with Crippen LogP contribution in [-0.2, 0) is 0 Å². The zero-order valence-electron chi connectivity index (χ0n) is 5.72. The number of rotatable bonds is 0. The van der Waals surface area contributed by atoms with Crippen molar-refractivity contribution in [3.05, 3.63) is 41.3 Å². The summed E-state index contributed by atoms with van der Waals surface area (Å²) in [5.74, 6) is 0. The molecular weight excluding hydrogens is 122 g/mol. The highest BCUT2D eigenvalue weighted by molar-refractivity contribution is 5.38. The third kappa shape index (κ3) is 0.810. The second kappa shape index (κ2) is 2.20. The maximum Gasteiger partial charge on any atom is 0.0379 e. The van der Waals surface area contributed by atoms with Crippen LogP contribution in [0.5, 0.6) is 0 Å². The molecule has 1 nitrogen and oxygen atoms in total. The van der Waals surface area contributed by atoms with Gasteiger partial charge in [-0.3, -0.25) is 0 Å². The van der Waals surface area contributed by atoms with Gasteiger partial charge in [-0.2, -0.15) is 0 Å². The van der Waals surface area contributed by atoms with Gasteiger partial charge in [0.15, 0.2) is 0 Å². The van der Waals surface area contributed by atoms with Crippen LogP contribution in [0.4, 0.5) is 0 Å². The van der Waals surface area contributed by atoms with Crippen LogP contribution in [0, 0.1) is 0 Å². The maximum atomic E-state index is 3.30. The summed E-state index contributed by atoms with van der Waals surface area (Å²) in [6.45, 7) is 1.08. The fourth-order valence-corrected chi connectivity index (χ4v) is 1.24. The number of nitrogens with one attached hydrogen (secondary N) is 1. The summed E-state index contributed by atoms with van der Waals surface area (Å²) in [4.78, 5) is 0. The Hall–Kier alpha value is -1.20. The van der Waals surface area contributed by atoms with E-state index in [2.05, 4.69) is 23.2 Å². The number of hydrogen-bond acceptors (Lipinski definition) is 1. The lowest BCUT2D eigenvalue weighted by atomic mass is 10.2. The van der Waals surface area contributed by atoms with Gasteiger partial charge in [0.25, 0.3) is 0 Å². The Kier molecular flexibility index (Phi) is 1.23. The molecule has 10 heavy (non-hydrogen) atoms. The summed E-state index contributed by atoms with van der Waals surface area (Å²) in [5.41, 5.74) is 5.73. The van der Waals surface area contributed by atoms with Gasteiger partial charge < -0.3 is 5.32 Å². The van der Waals surface area contributed by atoms with Gasteiger partial charge in [-0.1, -0.05) is 6.08 Å². The summed E-state index contributed by atoms with van der Waals surface area (Å²) in [6.07, 6.45) is 9.23. The Balaban J connectivity index is 2.44. The molecule has 0 bridgehead atoms. The summed E-state index contributed by atoms with van der Waals surface area (Å²) in [7, 11) is 0. The van der Waals surface area contributed by atoms with Crippen LogP contribution in [0.1, 0.15) is 6.42 Å². The Bertz CT molecular complexity index is 262. The lowest BCUT2D eigenvalue weighted by Crippen LogP contribution is -2.04. The largest absolute Gasteiger partial charge is 0.384 e. The molecule has 0 unspecified atom stereocenters. The monoisotopic (exact) mass is 131 g/mol. The van der Waals surface area contributed by atoms with Crippen LogP contribution in [-0.4, -0.2) is 6.54 Å². The van der Waals surface area contributed by atoms with Crippen LogP contribution in [0.2, 0.25) is 0 Å². The van der Waals surface area contributed by atoms with E-state index in [0.29, 0.717) is 0 Å². The van der Waals surface area contributed by atoms with Crippen LogP contribution in [0.25, 0.3) is 0 Å². The Morgan fingerprint density at radius 2 is 2.50 bits per heavy atom. The summed E-state index contributed by atoms with van der Waals surface area (Å²) in [5, 5.41) is 3.30. The molecule has 1 heterocycles. The standard InChI is InChI=1S/C9H9N/c1-2-4-8-6-7-10-9(8)5-3-1/h1,3-5,10H,6-7H2. The minimum Gasteiger partial charge on any atom is -0.384 e. The third-order valence-electron chi connectivity index (χ3n) is 1.77. The normalized spacial score (nSPS) is 20.8. The second-order valence-electron chi connectivity index (χ2n) is 2.45. The molecule has 0 fully saturated rings. The van der Waals surface area contributed by atoms with E-state index in [9.17, 15) is 0 Å². The molecule has 0 atom stereocenters. The summed E-state index contributed by atoms with van der Waals surface area (Å²) < 4.78 is 0. The molecule has 1 heteroatoms. The summed E-state index contributed by atoms with van der Waals surface area (Å²) in [6, 6.07) is 0. The highest BCUT2D eigenvalue weighted by Crippen LogP contribution is 2.16. The molecule has 0 spiro atoms. The van der Waals surface area contributed by atoms with Gasteiger partial charge in [0, 0.05) is 12.2 Å². The van der Waals surface area contributed by atoms with Crippen molar-refractivity contribution in [3.63, 3.8) is 0 Å². The highest BCUT2D eigenvalue weighted by atomic mass is 14.9. The van der Waals surface area contributed by atoms with Crippen LogP contribution >= 0.6 is 0 Å². The van der Waals surface area contributed by atoms with Gasteiger partial charge in [-0.05, 0) is 30.2 Å². The van der Waals surface area contributed by atoms with Gasteiger partial charge in [0.1, 0.15) is 0 Å². The van der Waals surface area contributed by atoms with Crippen molar-refractivity contribution in [1.29, 1.82) is 0 Å². The molecule has 1 aliphatic carbocycles. The third-order valence-corrected chi connectivity index (χ3v) is 1.77. The Labute approximate surface area is 60.4 Å². The molecule has 1 aliphatic heterocycles. The molecule has 50 valence electrons. The lowest BCUT2D eigenvalue weighted by molar-refractivity contribution is 0.888. The van der Waals surface area contributed by atoms with Crippen molar-refractivity contribution >= 4 is 0 Å². The lowest BCUT2D eigenvalue weighted by Gasteiger charge is -1.94. The smallest absolute Gasteiger partial charge is 0.0379 e. The molecule has 0 amide bonds. The van der Waals surface area contributed by atoms with E-state index in [4.69, 9.17) is 0 Å². The highest BCUT2D eigenvalue weighted by Gasteiger charge is 2.08. The topological polar surface area (TPSA) is 12.0 Å². The van der Waals surface area contributed by atoms with Crippen molar-refractivity contribution in [1.82, 2.24) is 5.32 Å². The fraction of sp³-hybridized carbons (Fsp3) is 0.222. The van der Waals surface area contributed by atoms with Crippen molar-refractivity contribution in [2.75, 3.05) is 6.54 Å². The van der Waals surface area contributed by atoms with Gasteiger partial charge in [0.2, 0.25) is 0 Å². The van der Waals surface area contributed by atoms with Gasteiger partial charge in [0.05, 0.1) is 0 Å². The summed E-state index contributed by atoms with van der Waals surface area (Å²) >= 11 is 0. The molecule has 0 aromatic heterocycles. The molecule has 2 rings (SSSR count). The van der Waals surface area contributed by atoms with E-state index in [1.807, 2.05) is 12.2 Å². The second-order valence-corrected chi connectivity index (χ2v) is 2.45. The van der Waals surface area contributed by atoms with E-state index in [-0.39, 0.29) is 0 Å². The molecule has 0 aromatic carbocycles. The average molecular weight is 131 g/mol. The van der Waals surface area contributed by atoms with Gasteiger partial charge in [-0.15, -0.1) is 5.73 Å². The maximum absolute atomic E-state index is 3.30. The zero-order valence-corrected chi connectivity index (χ0v) is 5.72. The predicted molar refractivity (Wildman–Crippen MR) is 41.4 cm³/mol. The molecule has 0 saturated carbocycles. The Morgan fingerprint density at radius 1 is 1.50 bits per heavy atom. The minimum absolute atomic E-state index is 1.08. The molecule has 0 aromatic rings. The van der Waals surface area contributed by atoms with Crippen LogP contribution in [0.3, 0.4) is 0 Å². The van der Waals surface area contributed by atoms with Crippen molar-refractivity contribution in [3.8, 4) is 0 Å². The molecule has 0 saturated heterocycles. The Morgan fingerprint density at radius 3 is 3.50 bits per heavy atom. The first kappa shape index (κ1) is 5.57. The zero-order chi connectivity index (χ0) is 6.81. The van der Waals surface area contributed by atoms with E-state index < -0.39 is 0 Å². The molecule has 2 aliphatic rings. The van der Waals surface area contributed by atoms with Crippen LogP contribution < -0.4 is 5.32 Å².